The van der Waals surface area contributed by atoms with Crippen molar-refractivity contribution in [3.63, 3.8) is 0 Å². The highest BCUT2D eigenvalue weighted by Crippen LogP contribution is 2.21. The first-order chi connectivity index (χ1) is 10.3. The maximum atomic E-state index is 12.4. The summed E-state index contributed by atoms with van der Waals surface area (Å²) in [5.74, 6) is -0.334. The SMILES string of the molecule is Cc1ccccc1C(C)NC(=O)C1CCCN(S(C)(=O)=O)C1. The van der Waals surface area contributed by atoms with E-state index in [2.05, 4.69) is 5.32 Å². The Morgan fingerprint density at radius 3 is 2.68 bits per heavy atom. The second-order valence-corrected chi connectivity index (χ2v) is 8.03. The van der Waals surface area contributed by atoms with E-state index >= 15 is 0 Å². The van der Waals surface area contributed by atoms with Crippen LogP contribution >= 0.6 is 0 Å². The van der Waals surface area contributed by atoms with Gasteiger partial charge in [-0.2, -0.15) is 0 Å². The van der Waals surface area contributed by atoms with E-state index < -0.39 is 10.0 Å². The first-order valence-electron chi connectivity index (χ1n) is 7.60. The molecule has 1 N–H and O–H groups in total. The number of nitrogens with zero attached hydrogens (tertiary/aromatic N) is 1. The molecule has 5 nitrogen and oxygen atoms in total. The first kappa shape index (κ1) is 17.0. The number of aryl methyl sites for hydroxylation is 1. The lowest BCUT2D eigenvalue weighted by Gasteiger charge is -2.31. The Hall–Kier alpha value is -1.40. The summed E-state index contributed by atoms with van der Waals surface area (Å²) in [5, 5.41) is 3.02. The Balaban J connectivity index is 2.01. The second kappa shape index (κ2) is 6.79. The van der Waals surface area contributed by atoms with Crippen molar-refractivity contribution in [3.8, 4) is 0 Å². The smallest absolute Gasteiger partial charge is 0.224 e. The van der Waals surface area contributed by atoms with Crippen molar-refractivity contribution in [2.45, 2.75) is 32.7 Å². The van der Waals surface area contributed by atoms with Gasteiger partial charge in [-0.1, -0.05) is 24.3 Å². The van der Waals surface area contributed by atoms with E-state index in [9.17, 15) is 13.2 Å². The molecule has 2 rings (SSSR count). The zero-order valence-corrected chi connectivity index (χ0v) is 14.2. The van der Waals surface area contributed by atoms with Crippen LogP contribution in [0.1, 0.15) is 36.9 Å². The van der Waals surface area contributed by atoms with Crippen molar-refractivity contribution in [3.05, 3.63) is 35.4 Å². The first-order valence-corrected chi connectivity index (χ1v) is 9.45. The van der Waals surface area contributed by atoms with Gasteiger partial charge in [-0.25, -0.2) is 12.7 Å². The Morgan fingerprint density at radius 1 is 1.36 bits per heavy atom. The molecule has 0 bridgehead atoms. The van der Waals surface area contributed by atoms with Crippen molar-refractivity contribution in [2.75, 3.05) is 19.3 Å². The summed E-state index contributed by atoms with van der Waals surface area (Å²) in [4.78, 5) is 12.4. The quantitative estimate of drug-likeness (QED) is 0.919. The summed E-state index contributed by atoms with van der Waals surface area (Å²) in [6.45, 7) is 4.77. The zero-order valence-electron chi connectivity index (χ0n) is 13.4. The number of amides is 1. The normalized spacial score (nSPS) is 21.3. The Kier molecular flexibility index (Phi) is 5.24. The van der Waals surface area contributed by atoms with Crippen LogP contribution in [0.5, 0.6) is 0 Å². The fourth-order valence-corrected chi connectivity index (χ4v) is 3.85. The molecule has 0 radical (unpaired) electrons. The number of hydrogen-bond donors (Lipinski definition) is 1. The van der Waals surface area contributed by atoms with Crippen molar-refractivity contribution in [1.82, 2.24) is 9.62 Å². The van der Waals surface area contributed by atoms with Gasteiger partial charge in [0.2, 0.25) is 15.9 Å². The fraction of sp³-hybridized carbons (Fsp3) is 0.562. The maximum Gasteiger partial charge on any atom is 0.224 e. The highest BCUT2D eigenvalue weighted by Gasteiger charge is 2.30. The van der Waals surface area contributed by atoms with Gasteiger partial charge in [0.1, 0.15) is 0 Å². The molecular weight excluding hydrogens is 300 g/mol. The standard InChI is InChI=1S/C16H24N2O3S/c1-12-7-4-5-9-15(12)13(2)17-16(19)14-8-6-10-18(11-14)22(3,20)21/h4-5,7,9,13-14H,6,8,10-11H2,1-3H3,(H,17,19). The van der Waals surface area contributed by atoms with Crippen LogP contribution in [0.2, 0.25) is 0 Å². The van der Waals surface area contributed by atoms with Gasteiger partial charge >= 0.3 is 0 Å². The summed E-state index contributed by atoms with van der Waals surface area (Å²) in [5.41, 5.74) is 2.23. The number of rotatable bonds is 4. The van der Waals surface area contributed by atoms with Crippen LogP contribution in [0.3, 0.4) is 0 Å². The Bertz CT molecular complexity index is 643. The van der Waals surface area contributed by atoms with Crippen LogP contribution in [0.4, 0.5) is 0 Å². The molecule has 2 unspecified atom stereocenters. The van der Waals surface area contributed by atoms with E-state index in [0.29, 0.717) is 6.54 Å². The highest BCUT2D eigenvalue weighted by molar-refractivity contribution is 7.88. The van der Waals surface area contributed by atoms with Gasteiger partial charge in [-0.05, 0) is 37.8 Å². The largest absolute Gasteiger partial charge is 0.349 e. The van der Waals surface area contributed by atoms with E-state index in [-0.39, 0.29) is 24.4 Å². The molecule has 0 aromatic heterocycles. The minimum absolute atomic E-state index is 0.0656. The van der Waals surface area contributed by atoms with E-state index in [4.69, 9.17) is 0 Å². The van der Waals surface area contributed by atoms with Gasteiger partial charge in [0.15, 0.2) is 0 Å². The molecular formula is C16H24N2O3S. The maximum absolute atomic E-state index is 12.4. The lowest BCUT2D eigenvalue weighted by molar-refractivity contribution is -0.126. The topological polar surface area (TPSA) is 66.5 Å². The minimum atomic E-state index is -3.23. The van der Waals surface area contributed by atoms with Crippen LogP contribution in [0, 0.1) is 12.8 Å². The average Bonchev–Trinajstić information content (AvgIpc) is 2.46. The van der Waals surface area contributed by atoms with Gasteiger partial charge in [-0.15, -0.1) is 0 Å². The summed E-state index contributed by atoms with van der Waals surface area (Å²) in [6, 6.07) is 7.87. The van der Waals surface area contributed by atoms with Gasteiger partial charge in [-0.3, -0.25) is 4.79 Å². The summed E-state index contributed by atoms with van der Waals surface area (Å²) >= 11 is 0. The van der Waals surface area contributed by atoms with Crippen LogP contribution in [0.15, 0.2) is 24.3 Å². The van der Waals surface area contributed by atoms with Crippen LogP contribution in [-0.4, -0.2) is 38.0 Å². The average molecular weight is 324 g/mol. The molecule has 0 spiro atoms. The van der Waals surface area contributed by atoms with Gasteiger partial charge < -0.3 is 5.32 Å². The summed E-state index contributed by atoms with van der Waals surface area (Å²) in [6.07, 6.45) is 2.66. The number of carbonyl (C=O) groups excluding carboxylic acids is 1. The number of sulfonamides is 1. The number of carbonyl (C=O) groups is 1. The summed E-state index contributed by atoms with van der Waals surface area (Å²) in [7, 11) is -3.23. The highest BCUT2D eigenvalue weighted by atomic mass is 32.2. The molecule has 0 saturated carbocycles. The third-order valence-electron chi connectivity index (χ3n) is 4.24. The van der Waals surface area contributed by atoms with Gasteiger partial charge in [0.25, 0.3) is 0 Å². The fourth-order valence-electron chi connectivity index (χ4n) is 2.94. The molecule has 1 saturated heterocycles. The van der Waals surface area contributed by atoms with Crippen molar-refractivity contribution in [2.24, 2.45) is 5.92 Å². The van der Waals surface area contributed by atoms with Crippen molar-refractivity contribution < 1.29 is 13.2 Å². The van der Waals surface area contributed by atoms with Crippen molar-refractivity contribution >= 4 is 15.9 Å². The molecule has 6 heteroatoms. The molecule has 1 aliphatic heterocycles. The van der Waals surface area contributed by atoms with Crippen LogP contribution in [-0.2, 0) is 14.8 Å². The monoisotopic (exact) mass is 324 g/mol. The molecule has 1 amide bonds. The predicted molar refractivity (Wildman–Crippen MR) is 86.9 cm³/mol. The molecule has 1 aromatic rings. The zero-order chi connectivity index (χ0) is 16.3. The molecule has 1 aliphatic rings. The van der Waals surface area contributed by atoms with Gasteiger partial charge in [0, 0.05) is 13.1 Å². The van der Waals surface area contributed by atoms with Crippen LogP contribution in [0.25, 0.3) is 0 Å². The van der Waals surface area contributed by atoms with Crippen LogP contribution < -0.4 is 5.32 Å². The minimum Gasteiger partial charge on any atom is -0.349 e. The van der Waals surface area contributed by atoms with Crippen molar-refractivity contribution in [1.29, 1.82) is 0 Å². The number of nitrogens with one attached hydrogen (secondary N) is 1. The van der Waals surface area contributed by atoms with E-state index in [1.807, 2.05) is 38.1 Å². The Labute approximate surface area is 132 Å². The molecule has 22 heavy (non-hydrogen) atoms. The second-order valence-electron chi connectivity index (χ2n) is 6.05. The van der Waals surface area contributed by atoms with Gasteiger partial charge in [0.05, 0.1) is 18.2 Å². The van der Waals surface area contributed by atoms with E-state index in [1.165, 1.54) is 10.6 Å². The molecule has 1 aromatic carbocycles. The third-order valence-corrected chi connectivity index (χ3v) is 5.51. The van der Waals surface area contributed by atoms with E-state index in [0.717, 1.165) is 24.0 Å². The summed E-state index contributed by atoms with van der Waals surface area (Å²) < 4.78 is 24.7. The third kappa shape index (κ3) is 4.08. The van der Waals surface area contributed by atoms with E-state index in [1.54, 1.807) is 0 Å². The molecule has 1 heterocycles. The Morgan fingerprint density at radius 2 is 2.05 bits per heavy atom. The number of piperidine rings is 1. The predicted octanol–water partition coefficient (Wildman–Crippen LogP) is 1.84. The molecule has 2 atom stereocenters. The molecule has 0 aliphatic carbocycles. The number of benzene rings is 1. The molecule has 1 fully saturated rings. The lowest BCUT2D eigenvalue weighted by Crippen LogP contribution is -2.45. The lowest BCUT2D eigenvalue weighted by atomic mass is 9.97. The molecule has 122 valence electrons. The number of hydrogen-bond acceptors (Lipinski definition) is 3.